The van der Waals surface area contributed by atoms with Gasteiger partial charge in [0.1, 0.15) is 16.8 Å². The lowest BCUT2D eigenvalue weighted by molar-refractivity contribution is -0.160. The molecule has 1 saturated heterocycles. The maximum absolute atomic E-state index is 12.5. The Morgan fingerprint density at radius 1 is 1.20 bits per heavy atom. The molecule has 0 aliphatic carbocycles. The highest BCUT2D eigenvalue weighted by Gasteiger charge is 2.49. The molecule has 0 aromatic heterocycles. The quantitative estimate of drug-likeness (QED) is 0.858. The molecule has 1 aromatic carbocycles. The van der Waals surface area contributed by atoms with E-state index < -0.39 is 11.1 Å². The van der Waals surface area contributed by atoms with E-state index in [1.165, 1.54) is 0 Å². The predicted molar refractivity (Wildman–Crippen MR) is 75.0 cm³/mol. The maximum atomic E-state index is 12.5. The maximum Gasteiger partial charge on any atom is 0.248 e. The van der Waals surface area contributed by atoms with Crippen LogP contribution in [-0.2, 0) is 16.1 Å². The van der Waals surface area contributed by atoms with Crippen molar-refractivity contribution >= 4 is 11.8 Å². The van der Waals surface area contributed by atoms with Gasteiger partial charge in [-0.25, -0.2) is 0 Å². The Morgan fingerprint density at radius 2 is 1.85 bits per heavy atom. The van der Waals surface area contributed by atoms with E-state index in [2.05, 4.69) is 5.32 Å². The van der Waals surface area contributed by atoms with Crippen molar-refractivity contribution in [1.82, 2.24) is 10.2 Å². The first-order valence-corrected chi connectivity index (χ1v) is 6.57. The van der Waals surface area contributed by atoms with E-state index in [-0.39, 0.29) is 24.1 Å². The number of phenolic OH excluding ortho intramolecular Hbond substituents is 1. The zero-order valence-corrected chi connectivity index (χ0v) is 12.2. The highest BCUT2D eigenvalue weighted by molar-refractivity contribution is 6.01. The van der Waals surface area contributed by atoms with Crippen LogP contribution in [0.4, 0.5) is 0 Å². The van der Waals surface area contributed by atoms with Crippen molar-refractivity contribution in [3.63, 3.8) is 0 Å². The van der Waals surface area contributed by atoms with E-state index in [0.29, 0.717) is 0 Å². The van der Waals surface area contributed by atoms with Gasteiger partial charge in [-0.15, -0.1) is 0 Å². The number of carbonyl (C=O) groups is 2. The van der Waals surface area contributed by atoms with Crippen molar-refractivity contribution < 1.29 is 14.7 Å². The van der Waals surface area contributed by atoms with Gasteiger partial charge in [0.15, 0.2) is 0 Å². The predicted octanol–water partition coefficient (Wildman–Crippen LogP) is 1.41. The Bertz CT molecular complexity index is 564. The molecular weight excluding hydrogens is 256 g/mol. The number of carbonyl (C=O) groups excluding carboxylic acids is 2. The second-order valence-electron chi connectivity index (χ2n) is 6.20. The standard InChI is InChI=1S/C15H20N2O3/c1-14(2)13(20)17(15(3,4)12(19)16-14)9-10-6-5-7-11(18)8-10/h5-8,18H,9H2,1-4H3,(H,16,19). The van der Waals surface area contributed by atoms with E-state index in [1.807, 2.05) is 6.07 Å². The molecule has 2 rings (SSSR count). The molecule has 1 aromatic rings. The average molecular weight is 276 g/mol. The molecule has 0 radical (unpaired) electrons. The lowest BCUT2D eigenvalue weighted by Gasteiger charge is -2.47. The van der Waals surface area contributed by atoms with Crippen LogP contribution in [0.3, 0.4) is 0 Å². The summed E-state index contributed by atoms with van der Waals surface area (Å²) < 4.78 is 0. The minimum Gasteiger partial charge on any atom is -0.508 e. The molecule has 5 heteroatoms. The van der Waals surface area contributed by atoms with Crippen LogP contribution in [0.25, 0.3) is 0 Å². The number of amides is 2. The normalized spacial score (nSPS) is 20.7. The van der Waals surface area contributed by atoms with Crippen molar-refractivity contribution in [2.45, 2.75) is 45.3 Å². The number of rotatable bonds is 2. The lowest BCUT2D eigenvalue weighted by Crippen LogP contribution is -2.71. The molecule has 1 fully saturated rings. The van der Waals surface area contributed by atoms with Gasteiger partial charge in [0, 0.05) is 6.54 Å². The summed E-state index contributed by atoms with van der Waals surface area (Å²) in [4.78, 5) is 26.3. The largest absolute Gasteiger partial charge is 0.508 e. The molecule has 108 valence electrons. The second-order valence-corrected chi connectivity index (χ2v) is 6.20. The van der Waals surface area contributed by atoms with Crippen molar-refractivity contribution in [1.29, 1.82) is 0 Å². The summed E-state index contributed by atoms with van der Waals surface area (Å²) in [5.74, 6) is -0.166. The number of phenols is 1. The Balaban J connectivity index is 2.36. The number of nitrogens with zero attached hydrogens (tertiary/aromatic N) is 1. The van der Waals surface area contributed by atoms with Crippen molar-refractivity contribution in [3.8, 4) is 5.75 Å². The van der Waals surface area contributed by atoms with Gasteiger partial charge in [0.2, 0.25) is 11.8 Å². The van der Waals surface area contributed by atoms with Gasteiger partial charge < -0.3 is 15.3 Å². The van der Waals surface area contributed by atoms with Crippen LogP contribution in [0.2, 0.25) is 0 Å². The minimum absolute atomic E-state index is 0.134. The van der Waals surface area contributed by atoms with Crippen LogP contribution < -0.4 is 5.32 Å². The molecular formula is C15H20N2O3. The summed E-state index contributed by atoms with van der Waals surface area (Å²) in [6.45, 7) is 7.11. The summed E-state index contributed by atoms with van der Waals surface area (Å²) in [6, 6.07) is 6.71. The zero-order valence-electron chi connectivity index (χ0n) is 12.2. The molecule has 1 aliphatic heterocycles. The lowest BCUT2D eigenvalue weighted by atomic mass is 9.89. The molecule has 0 saturated carbocycles. The minimum atomic E-state index is -0.919. The van der Waals surface area contributed by atoms with Crippen molar-refractivity contribution in [3.05, 3.63) is 29.8 Å². The number of benzene rings is 1. The first kappa shape index (κ1) is 14.4. The van der Waals surface area contributed by atoms with Gasteiger partial charge in [-0.05, 0) is 45.4 Å². The zero-order chi connectivity index (χ0) is 15.1. The summed E-state index contributed by atoms with van der Waals surface area (Å²) in [5, 5.41) is 12.3. The van der Waals surface area contributed by atoms with Crippen molar-refractivity contribution in [2.24, 2.45) is 0 Å². The molecule has 0 unspecified atom stereocenters. The van der Waals surface area contributed by atoms with E-state index >= 15 is 0 Å². The molecule has 5 nitrogen and oxygen atoms in total. The Labute approximate surface area is 118 Å². The highest BCUT2D eigenvalue weighted by Crippen LogP contribution is 2.28. The van der Waals surface area contributed by atoms with Crippen LogP contribution in [0.1, 0.15) is 33.3 Å². The van der Waals surface area contributed by atoms with Crippen LogP contribution in [0.5, 0.6) is 5.75 Å². The summed E-state index contributed by atoms with van der Waals surface area (Å²) >= 11 is 0. The third kappa shape index (κ3) is 2.35. The molecule has 1 heterocycles. The third-order valence-corrected chi connectivity index (χ3v) is 3.69. The molecule has 0 spiro atoms. The summed E-state index contributed by atoms with van der Waals surface area (Å²) in [7, 11) is 0. The number of hydrogen-bond donors (Lipinski definition) is 2. The van der Waals surface area contributed by atoms with E-state index in [0.717, 1.165) is 5.56 Å². The smallest absolute Gasteiger partial charge is 0.248 e. The molecule has 2 N–H and O–H groups in total. The van der Waals surface area contributed by atoms with E-state index in [9.17, 15) is 14.7 Å². The van der Waals surface area contributed by atoms with Crippen molar-refractivity contribution in [2.75, 3.05) is 0 Å². The van der Waals surface area contributed by atoms with Gasteiger partial charge >= 0.3 is 0 Å². The highest BCUT2D eigenvalue weighted by atomic mass is 16.3. The number of piperazine rings is 1. The van der Waals surface area contributed by atoms with Gasteiger partial charge in [-0.3, -0.25) is 9.59 Å². The molecule has 0 atom stereocenters. The number of nitrogens with one attached hydrogen (secondary N) is 1. The van der Waals surface area contributed by atoms with Gasteiger partial charge in [-0.1, -0.05) is 12.1 Å². The first-order valence-electron chi connectivity index (χ1n) is 6.57. The number of hydrogen-bond acceptors (Lipinski definition) is 3. The fourth-order valence-corrected chi connectivity index (χ4v) is 2.31. The van der Waals surface area contributed by atoms with Crippen LogP contribution in [-0.4, -0.2) is 32.9 Å². The summed E-state index contributed by atoms with van der Waals surface area (Å²) in [5.41, 5.74) is -1.04. The molecule has 2 amide bonds. The summed E-state index contributed by atoms with van der Waals surface area (Å²) in [6.07, 6.45) is 0. The SMILES string of the molecule is CC1(C)NC(=O)C(C)(C)N(Cc2cccc(O)c2)C1=O. The fraction of sp³-hybridized carbons (Fsp3) is 0.467. The monoisotopic (exact) mass is 276 g/mol. The van der Waals surface area contributed by atoms with Gasteiger partial charge in [0.25, 0.3) is 0 Å². The number of aromatic hydroxyl groups is 1. The fourth-order valence-electron chi connectivity index (χ4n) is 2.31. The molecule has 1 aliphatic rings. The first-order chi connectivity index (χ1) is 9.14. The van der Waals surface area contributed by atoms with Gasteiger partial charge in [0.05, 0.1) is 0 Å². The van der Waals surface area contributed by atoms with E-state index in [1.54, 1.807) is 50.8 Å². The van der Waals surface area contributed by atoms with Gasteiger partial charge in [-0.2, -0.15) is 0 Å². The van der Waals surface area contributed by atoms with Crippen LogP contribution in [0, 0.1) is 0 Å². The molecule has 20 heavy (non-hydrogen) atoms. The van der Waals surface area contributed by atoms with E-state index in [4.69, 9.17) is 0 Å². The Kier molecular flexibility index (Phi) is 3.24. The Hall–Kier alpha value is -2.04. The molecule has 0 bridgehead atoms. The Morgan fingerprint density at radius 3 is 2.45 bits per heavy atom. The second kappa shape index (κ2) is 4.51. The average Bonchev–Trinajstić information content (AvgIpc) is 2.33. The topological polar surface area (TPSA) is 69.6 Å². The van der Waals surface area contributed by atoms with Crippen LogP contribution in [0.15, 0.2) is 24.3 Å². The third-order valence-electron chi connectivity index (χ3n) is 3.69. The van der Waals surface area contributed by atoms with Crippen LogP contribution >= 0.6 is 0 Å².